The third-order valence-corrected chi connectivity index (χ3v) is 5.38. The number of thioether (sulfide) groups is 1. The summed E-state index contributed by atoms with van der Waals surface area (Å²) in [5.74, 6) is 0.0727. The molecule has 0 bridgehead atoms. The molecule has 0 aliphatic heterocycles. The Hall–Kier alpha value is -3.26. The first-order valence-corrected chi connectivity index (χ1v) is 10.1. The van der Waals surface area contributed by atoms with Gasteiger partial charge in [-0.25, -0.2) is 4.98 Å². The largest absolute Gasteiger partial charge is 0.351 e. The predicted octanol–water partition coefficient (Wildman–Crippen LogP) is 2.66. The second-order valence-corrected chi connectivity index (χ2v) is 7.64. The van der Waals surface area contributed by atoms with Crippen LogP contribution in [0.15, 0.2) is 58.5 Å². The summed E-state index contributed by atoms with van der Waals surface area (Å²) in [5, 5.41) is 8.50. The summed E-state index contributed by atoms with van der Waals surface area (Å²) in [6, 6.07) is 15.5. The molecule has 2 aromatic carbocycles. The second-order valence-electron chi connectivity index (χ2n) is 6.70. The van der Waals surface area contributed by atoms with Gasteiger partial charge in [0.1, 0.15) is 5.69 Å². The maximum Gasteiger partial charge on any atom is 0.294 e. The fourth-order valence-electron chi connectivity index (χ4n) is 2.86. The Morgan fingerprint density at radius 3 is 2.62 bits per heavy atom. The van der Waals surface area contributed by atoms with E-state index < -0.39 is 0 Å². The number of carbonyl (C=O) groups is 1. The molecule has 2 aromatic heterocycles. The molecule has 0 aliphatic rings. The van der Waals surface area contributed by atoms with Crippen molar-refractivity contribution in [2.45, 2.75) is 25.5 Å². The molecule has 0 unspecified atom stereocenters. The lowest BCUT2D eigenvalue weighted by atomic mass is 10.1. The van der Waals surface area contributed by atoms with E-state index in [4.69, 9.17) is 0 Å². The van der Waals surface area contributed by atoms with Gasteiger partial charge in [-0.15, -0.1) is 0 Å². The van der Waals surface area contributed by atoms with Crippen LogP contribution in [0.5, 0.6) is 0 Å². The van der Waals surface area contributed by atoms with Crippen molar-refractivity contribution in [3.63, 3.8) is 0 Å². The first kappa shape index (κ1) is 19.1. The van der Waals surface area contributed by atoms with E-state index in [1.165, 1.54) is 21.8 Å². The second kappa shape index (κ2) is 8.00. The number of hydrogen-bond acceptors (Lipinski definition) is 6. The number of carbonyl (C=O) groups excluding carboxylic acids is 1. The normalized spacial score (nSPS) is 11.1. The molecule has 0 saturated heterocycles. The van der Waals surface area contributed by atoms with Crippen molar-refractivity contribution in [1.29, 1.82) is 0 Å². The summed E-state index contributed by atoms with van der Waals surface area (Å²) >= 11 is 1.26. The molecule has 0 atom stereocenters. The molecule has 4 rings (SSSR count). The zero-order valence-corrected chi connectivity index (χ0v) is 16.9. The van der Waals surface area contributed by atoms with Crippen molar-refractivity contribution in [2.75, 3.05) is 5.75 Å². The van der Waals surface area contributed by atoms with Crippen molar-refractivity contribution < 1.29 is 4.79 Å². The van der Waals surface area contributed by atoms with E-state index in [-0.39, 0.29) is 22.9 Å². The first-order chi connectivity index (χ1) is 14.0. The molecule has 146 valence electrons. The average molecular weight is 405 g/mol. The van der Waals surface area contributed by atoms with Crippen LogP contribution in [0.25, 0.3) is 16.6 Å². The number of rotatable bonds is 5. The molecule has 0 aliphatic carbocycles. The highest BCUT2D eigenvalue weighted by Gasteiger charge is 2.13. The third kappa shape index (κ3) is 4.12. The van der Waals surface area contributed by atoms with Gasteiger partial charge in [-0.05, 0) is 31.5 Å². The Bertz CT molecular complexity index is 1270. The Kier molecular flexibility index (Phi) is 5.26. The molecule has 0 saturated carbocycles. The smallest absolute Gasteiger partial charge is 0.294 e. The van der Waals surface area contributed by atoms with E-state index in [9.17, 15) is 9.59 Å². The van der Waals surface area contributed by atoms with Gasteiger partial charge in [-0.1, -0.05) is 53.7 Å². The van der Waals surface area contributed by atoms with Gasteiger partial charge in [-0.3, -0.25) is 9.59 Å². The molecule has 1 amide bonds. The number of amides is 1. The molecule has 0 fully saturated rings. The zero-order chi connectivity index (χ0) is 20.4. The minimum Gasteiger partial charge on any atom is -0.351 e. The Morgan fingerprint density at radius 1 is 1.07 bits per heavy atom. The molecule has 4 aromatic rings. The van der Waals surface area contributed by atoms with Crippen molar-refractivity contribution >= 4 is 34.2 Å². The fraction of sp³-hybridized carbons (Fsp3) is 0.190. The Balaban J connectivity index is 1.56. The maximum absolute atomic E-state index is 12.3. The van der Waals surface area contributed by atoms with Crippen LogP contribution in [0.2, 0.25) is 0 Å². The summed E-state index contributed by atoms with van der Waals surface area (Å²) in [6.45, 7) is 4.11. The summed E-state index contributed by atoms with van der Waals surface area (Å²) in [4.78, 5) is 33.1. The maximum atomic E-state index is 12.3. The van der Waals surface area contributed by atoms with Crippen LogP contribution in [-0.4, -0.2) is 31.2 Å². The van der Waals surface area contributed by atoms with E-state index >= 15 is 0 Å². The quantitative estimate of drug-likeness (QED) is 0.312. The molecule has 7 nitrogen and oxygen atoms in total. The van der Waals surface area contributed by atoms with Crippen LogP contribution < -0.4 is 10.9 Å². The number of aromatic nitrogens is 4. The van der Waals surface area contributed by atoms with E-state index in [0.717, 1.165) is 10.9 Å². The molecular formula is C21H19N5O2S. The average Bonchev–Trinajstić information content (AvgIpc) is 2.72. The first-order valence-electron chi connectivity index (χ1n) is 9.13. The van der Waals surface area contributed by atoms with Gasteiger partial charge < -0.3 is 5.32 Å². The predicted molar refractivity (Wildman–Crippen MR) is 113 cm³/mol. The van der Waals surface area contributed by atoms with Crippen LogP contribution >= 0.6 is 11.8 Å². The molecule has 1 N–H and O–H groups in total. The van der Waals surface area contributed by atoms with E-state index in [0.29, 0.717) is 22.9 Å². The van der Waals surface area contributed by atoms with Crippen LogP contribution in [0, 0.1) is 13.8 Å². The molecular weight excluding hydrogens is 386 g/mol. The Morgan fingerprint density at radius 2 is 1.83 bits per heavy atom. The summed E-state index contributed by atoms with van der Waals surface area (Å²) < 4.78 is 1.54. The van der Waals surface area contributed by atoms with E-state index in [2.05, 4.69) is 20.4 Å². The van der Waals surface area contributed by atoms with Gasteiger partial charge in [0.15, 0.2) is 10.8 Å². The highest BCUT2D eigenvalue weighted by atomic mass is 32.2. The van der Waals surface area contributed by atoms with Gasteiger partial charge in [0.05, 0.1) is 11.3 Å². The van der Waals surface area contributed by atoms with Gasteiger partial charge in [0, 0.05) is 11.9 Å². The number of fused-ring (bicyclic) bond motifs is 3. The monoisotopic (exact) mass is 405 g/mol. The molecule has 0 spiro atoms. The van der Waals surface area contributed by atoms with Crippen molar-refractivity contribution in [3.8, 4) is 0 Å². The number of nitrogens with one attached hydrogen (secondary N) is 1. The third-order valence-electron chi connectivity index (χ3n) is 4.45. The fourth-order valence-corrected chi connectivity index (χ4v) is 3.64. The summed E-state index contributed by atoms with van der Waals surface area (Å²) in [7, 11) is 0. The number of aryl methyl sites for hydroxylation is 2. The van der Waals surface area contributed by atoms with Gasteiger partial charge in [0.2, 0.25) is 5.91 Å². The van der Waals surface area contributed by atoms with Crippen molar-refractivity contribution in [1.82, 2.24) is 24.9 Å². The molecule has 2 heterocycles. The summed E-state index contributed by atoms with van der Waals surface area (Å²) in [5.41, 5.74) is 3.28. The molecule has 8 heteroatoms. The highest BCUT2D eigenvalue weighted by molar-refractivity contribution is 7.99. The van der Waals surface area contributed by atoms with Crippen LogP contribution in [0.3, 0.4) is 0 Å². The minimum atomic E-state index is -0.367. The number of para-hydroxylation sites is 1. The van der Waals surface area contributed by atoms with E-state index in [1.54, 1.807) is 6.92 Å². The minimum absolute atomic E-state index is 0.107. The number of nitrogens with zero attached hydrogens (tertiary/aromatic N) is 4. The van der Waals surface area contributed by atoms with Crippen LogP contribution in [0.4, 0.5) is 0 Å². The van der Waals surface area contributed by atoms with E-state index in [1.807, 2.05) is 55.5 Å². The number of hydrogen-bond donors (Lipinski definition) is 1. The van der Waals surface area contributed by atoms with Gasteiger partial charge >= 0.3 is 0 Å². The SMILES string of the molecule is Cc1ccc(CNC(=O)CSc2nc3ccccc3c3nc(=O)c(C)nn23)cc1. The van der Waals surface area contributed by atoms with Crippen LogP contribution in [-0.2, 0) is 11.3 Å². The zero-order valence-electron chi connectivity index (χ0n) is 16.0. The lowest BCUT2D eigenvalue weighted by Gasteiger charge is -2.10. The molecule has 29 heavy (non-hydrogen) atoms. The highest BCUT2D eigenvalue weighted by Crippen LogP contribution is 2.22. The van der Waals surface area contributed by atoms with Crippen molar-refractivity contribution in [3.05, 3.63) is 75.7 Å². The standard InChI is InChI=1S/C21H19N5O2S/c1-13-7-9-15(10-8-13)11-22-18(27)12-29-21-23-17-6-4-3-5-16(17)19-24-20(28)14(2)25-26(19)21/h3-10H,11-12H2,1-2H3,(H,22,27). The lowest BCUT2D eigenvalue weighted by molar-refractivity contribution is -0.118. The summed E-state index contributed by atoms with van der Waals surface area (Å²) in [6.07, 6.45) is 0. The van der Waals surface area contributed by atoms with Gasteiger partial charge in [0.25, 0.3) is 5.56 Å². The topological polar surface area (TPSA) is 89.2 Å². The van der Waals surface area contributed by atoms with Gasteiger partial charge in [-0.2, -0.15) is 14.6 Å². The lowest BCUT2D eigenvalue weighted by Crippen LogP contribution is -2.25. The van der Waals surface area contributed by atoms with Crippen molar-refractivity contribution in [2.24, 2.45) is 0 Å². The number of benzene rings is 2. The Labute approximate surface area is 171 Å². The van der Waals surface area contributed by atoms with Crippen LogP contribution in [0.1, 0.15) is 16.8 Å². The molecule has 0 radical (unpaired) electrons.